The number of rotatable bonds is 26. The van der Waals surface area contributed by atoms with Crippen LogP contribution < -0.4 is 5.32 Å². The first kappa shape index (κ1) is 37.6. The topological polar surface area (TPSA) is 69.6 Å². The summed E-state index contributed by atoms with van der Waals surface area (Å²) in [6.45, 7) is 4.05. The Morgan fingerprint density at radius 3 is 1.55 bits per heavy atom. The predicted molar refractivity (Wildman–Crippen MR) is 174 cm³/mol. The van der Waals surface area contributed by atoms with Gasteiger partial charge in [0, 0.05) is 6.42 Å². The molecule has 0 radical (unpaired) electrons. The molecule has 0 aliphatic rings. The van der Waals surface area contributed by atoms with Crippen molar-refractivity contribution < 1.29 is 15.0 Å². The molecule has 0 spiro atoms. The Bertz CT molecular complexity index is 773. The SMILES string of the molecule is CC/C=C\C/C=C\C/C=C\C/C=C\C/C=C\C/C=C\C/C=C\CCCCCC(=O)NC(CO)C(O)CCCCC. The number of hydrogen-bond acceptors (Lipinski definition) is 3. The van der Waals surface area contributed by atoms with E-state index >= 15 is 0 Å². The maximum atomic E-state index is 12.1. The number of hydrogen-bond donors (Lipinski definition) is 3. The van der Waals surface area contributed by atoms with Crippen molar-refractivity contribution in [2.45, 2.75) is 129 Å². The van der Waals surface area contributed by atoms with Gasteiger partial charge in [-0.3, -0.25) is 4.79 Å². The summed E-state index contributed by atoms with van der Waals surface area (Å²) in [5.41, 5.74) is 0. The second kappa shape index (κ2) is 31.1. The summed E-state index contributed by atoms with van der Waals surface area (Å²) in [7, 11) is 0. The lowest BCUT2D eigenvalue weighted by atomic mass is 10.0. The third-order valence-corrected chi connectivity index (χ3v) is 6.42. The molecule has 0 aromatic rings. The van der Waals surface area contributed by atoms with E-state index in [0.717, 1.165) is 89.9 Å². The zero-order valence-corrected chi connectivity index (χ0v) is 25.6. The molecule has 0 aliphatic carbocycles. The quantitative estimate of drug-likeness (QED) is 0.0739. The van der Waals surface area contributed by atoms with Gasteiger partial charge in [0.1, 0.15) is 0 Å². The van der Waals surface area contributed by atoms with Crippen molar-refractivity contribution in [2.24, 2.45) is 0 Å². The Kier molecular flexibility index (Phi) is 29.2. The molecule has 4 heteroatoms. The third kappa shape index (κ3) is 27.1. The summed E-state index contributed by atoms with van der Waals surface area (Å²) in [5, 5.41) is 22.4. The Morgan fingerprint density at radius 2 is 1.10 bits per heavy atom. The summed E-state index contributed by atoms with van der Waals surface area (Å²) >= 11 is 0. The molecule has 4 nitrogen and oxygen atoms in total. The van der Waals surface area contributed by atoms with Crippen molar-refractivity contribution in [1.82, 2.24) is 5.32 Å². The van der Waals surface area contributed by atoms with Crippen LogP contribution in [0.4, 0.5) is 0 Å². The van der Waals surface area contributed by atoms with E-state index in [9.17, 15) is 15.0 Å². The van der Waals surface area contributed by atoms with Crippen LogP contribution in [0.3, 0.4) is 0 Å². The van der Waals surface area contributed by atoms with Crippen LogP contribution in [0.2, 0.25) is 0 Å². The van der Waals surface area contributed by atoms with Crippen LogP contribution in [-0.4, -0.2) is 34.9 Å². The van der Waals surface area contributed by atoms with Gasteiger partial charge < -0.3 is 15.5 Å². The molecule has 40 heavy (non-hydrogen) atoms. The van der Waals surface area contributed by atoms with Crippen LogP contribution in [-0.2, 0) is 4.79 Å². The lowest BCUT2D eigenvalue weighted by Gasteiger charge is -2.22. The molecule has 0 rings (SSSR count). The van der Waals surface area contributed by atoms with Gasteiger partial charge in [0.15, 0.2) is 0 Å². The summed E-state index contributed by atoms with van der Waals surface area (Å²) in [6, 6.07) is -0.554. The maximum absolute atomic E-state index is 12.1. The van der Waals surface area contributed by atoms with Crippen molar-refractivity contribution >= 4 is 5.91 Å². The van der Waals surface area contributed by atoms with Crippen LogP contribution in [0.15, 0.2) is 85.1 Å². The van der Waals surface area contributed by atoms with Crippen LogP contribution in [0.25, 0.3) is 0 Å². The number of aliphatic hydroxyl groups excluding tert-OH is 2. The van der Waals surface area contributed by atoms with E-state index in [0.29, 0.717) is 12.8 Å². The molecule has 2 unspecified atom stereocenters. The standard InChI is InChI=1S/C36H59NO3/c1-3-5-7-8-9-10-11-12-13-14-15-16-17-18-19-20-21-22-23-24-25-26-27-28-30-32-36(40)37-34(33-38)35(39)31-29-6-4-2/h5,7,9-10,12-13,15-16,18-19,21-22,24-25,34-35,38-39H,3-4,6,8,11,14,17,20,23,26-33H2,1-2H3,(H,37,40)/b7-5-,10-9-,13-12-,16-15-,19-18-,22-21-,25-24-. The molecule has 0 aromatic heterocycles. The molecular formula is C36H59NO3. The molecular weight excluding hydrogens is 494 g/mol. The number of unbranched alkanes of at least 4 members (excludes halogenated alkanes) is 5. The van der Waals surface area contributed by atoms with E-state index < -0.39 is 12.1 Å². The highest BCUT2D eigenvalue weighted by Crippen LogP contribution is 2.09. The second-order valence-electron chi connectivity index (χ2n) is 10.1. The lowest BCUT2D eigenvalue weighted by Crippen LogP contribution is -2.45. The second-order valence-corrected chi connectivity index (χ2v) is 10.1. The average molecular weight is 554 g/mol. The minimum Gasteiger partial charge on any atom is -0.394 e. The summed E-state index contributed by atoms with van der Waals surface area (Å²) in [5.74, 6) is -0.0817. The Labute approximate surface area is 246 Å². The molecule has 0 fully saturated rings. The van der Waals surface area contributed by atoms with E-state index in [1.807, 2.05) is 0 Å². The van der Waals surface area contributed by atoms with Crippen molar-refractivity contribution in [3.05, 3.63) is 85.1 Å². The third-order valence-electron chi connectivity index (χ3n) is 6.42. The average Bonchev–Trinajstić information content (AvgIpc) is 2.96. The lowest BCUT2D eigenvalue weighted by molar-refractivity contribution is -0.123. The number of aliphatic hydroxyl groups is 2. The van der Waals surface area contributed by atoms with E-state index in [1.165, 1.54) is 0 Å². The zero-order chi connectivity index (χ0) is 29.4. The first-order chi connectivity index (χ1) is 19.7. The first-order valence-electron chi connectivity index (χ1n) is 15.8. The van der Waals surface area contributed by atoms with Crippen LogP contribution in [0, 0.1) is 0 Å². The summed E-state index contributed by atoms with van der Waals surface area (Å²) < 4.78 is 0. The molecule has 0 aromatic carbocycles. The van der Waals surface area contributed by atoms with Gasteiger partial charge >= 0.3 is 0 Å². The largest absolute Gasteiger partial charge is 0.394 e. The highest BCUT2D eigenvalue weighted by Gasteiger charge is 2.19. The van der Waals surface area contributed by atoms with E-state index in [-0.39, 0.29) is 12.5 Å². The fourth-order valence-corrected chi connectivity index (χ4v) is 3.98. The molecule has 0 bridgehead atoms. The van der Waals surface area contributed by atoms with Gasteiger partial charge in [-0.05, 0) is 70.6 Å². The molecule has 0 aliphatic heterocycles. The van der Waals surface area contributed by atoms with Crippen molar-refractivity contribution in [3.8, 4) is 0 Å². The Hall–Kier alpha value is -2.43. The summed E-state index contributed by atoms with van der Waals surface area (Å²) in [6.07, 6.45) is 45.4. The molecule has 0 saturated heterocycles. The van der Waals surface area contributed by atoms with Crippen molar-refractivity contribution in [3.63, 3.8) is 0 Å². The van der Waals surface area contributed by atoms with Gasteiger partial charge in [-0.15, -0.1) is 0 Å². The minimum absolute atomic E-state index is 0.0817. The predicted octanol–water partition coefficient (Wildman–Crippen LogP) is 9.00. The normalized spacial score (nSPS) is 14.4. The number of amides is 1. The fourth-order valence-electron chi connectivity index (χ4n) is 3.98. The number of carbonyl (C=O) groups excluding carboxylic acids is 1. The minimum atomic E-state index is -0.674. The van der Waals surface area contributed by atoms with Gasteiger partial charge in [0.05, 0.1) is 18.8 Å². The molecule has 2 atom stereocenters. The van der Waals surface area contributed by atoms with Crippen LogP contribution >= 0.6 is 0 Å². The highest BCUT2D eigenvalue weighted by molar-refractivity contribution is 5.76. The molecule has 226 valence electrons. The van der Waals surface area contributed by atoms with Gasteiger partial charge in [-0.1, -0.05) is 125 Å². The molecule has 3 N–H and O–H groups in total. The van der Waals surface area contributed by atoms with Crippen molar-refractivity contribution in [2.75, 3.05) is 6.61 Å². The number of allylic oxidation sites excluding steroid dienone is 14. The number of carbonyl (C=O) groups is 1. The van der Waals surface area contributed by atoms with Crippen LogP contribution in [0.1, 0.15) is 117 Å². The monoisotopic (exact) mass is 553 g/mol. The molecule has 0 saturated carbocycles. The number of nitrogens with one attached hydrogen (secondary N) is 1. The van der Waals surface area contributed by atoms with Gasteiger partial charge in [0.25, 0.3) is 0 Å². The first-order valence-corrected chi connectivity index (χ1v) is 15.8. The van der Waals surface area contributed by atoms with Crippen LogP contribution in [0.5, 0.6) is 0 Å². The smallest absolute Gasteiger partial charge is 0.220 e. The molecule has 0 heterocycles. The van der Waals surface area contributed by atoms with Gasteiger partial charge in [0.2, 0.25) is 5.91 Å². The van der Waals surface area contributed by atoms with Gasteiger partial charge in [-0.2, -0.15) is 0 Å². The Morgan fingerprint density at radius 1 is 0.625 bits per heavy atom. The molecule has 1 amide bonds. The fraction of sp³-hybridized carbons (Fsp3) is 0.583. The van der Waals surface area contributed by atoms with E-state index in [2.05, 4.69) is 104 Å². The zero-order valence-electron chi connectivity index (χ0n) is 25.6. The maximum Gasteiger partial charge on any atom is 0.220 e. The highest BCUT2D eigenvalue weighted by atomic mass is 16.3. The summed E-state index contributed by atoms with van der Waals surface area (Å²) in [4.78, 5) is 12.1. The van der Waals surface area contributed by atoms with E-state index in [4.69, 9.17) is 0 Å². The van der Waals surface area contributed by atoms with E-state index in [1.54, 1.807) is 0 Å². The van der Waals surface area contributed by atoms with Gasteiger partial charge in [-0.25, -0.2) is 0 Å². The Balaban J connectivity index is 3.69. The van der Waals surface area contributed by atoms with Crippen molar-refractivity contribution in [1.29, 1.82) is 0 Å².